The van der Waals surface area contributed by atoms with E-state index < -0.39 is 11.7 Å². The molecule has 0 amide bonds. The Morgan fingerprint density at radius 1 is 1.25 bits per heavy atom. The quantitative estimate of drug-likeness (QED) is 0.877. The summed E-state index contributed by atoms with van der Waals surface area (Å²) in [7, 11) is 0. The predicted molar refractivity (Wildman–Crippen MR) is 68.5 cm³/mol. The van der Waals surface area contributed by atoms with Gasteiger partial charge in [-0.3, -0.25) is 0 Å². The maximum Gasteiger partial charge on any atom is 0.416 e. The number of nitrogens with two attached hydrogens (primary N) is 1. The molecule has 1 aromatic carbocycles. The van der Waals surface area contributed by atoms with Gasteiger partial charge < -0.3 is 5.73 Å². The first-order valence-electron chi connectivity index (χ1n) is 5.88. The van der Waals surface area contributed by atoms with E-state index in [9.17, 15) is 13.2 Å². The Labute approximate surface area is 113 Å². The summed E-state index contributed by atoms with van der Waals surface area (Å²) in [6.45, 7) is 4.17. The Morgan fingerprint density at radius 2 is 1.90 bits per heavy atom. The molecule has 106 valence electrons. The largest absolute Gasteiger partial charge is 0.416 e. The van der Waals surface area contributed by atoms with Crippen LogP contribution in [0, 0.1) is 0 Å². The maximum atomic E-state index is 12.5. The number of benzene rings is 1. The molecule has 20 heavy (non-hydrogen) atoms. The van der Waals surface area contributed by atoms with Crippen molar-refractivity contribution in [2.45, 2.75) is 19.3 Å². The van der Waals surface area contributed by atoms with Crippen molar-refractivity contribution in [2.75, 3.05) is 0 Å². The monoisotopic (exact) mass is 282 g/mol. The topological polar surface area (TPSA) is 56.7 Å². The Bertz CT molecular complexity index is 599. The van der Waals surface area contributed by atoms with Crippen LogP contribution in [-0.2, 0) is 19.3 Å². The molecule has 2 aromatic rings. The first kappa shape index (κ1) is 14.3. The fourth-order valence-corrected chi connectivity index (χ4v) is 1.87. The fraction of sp³-hybridized carbons (Fsp3) is 0.231. The number of halogens is 3. The summed E-state index contributed by atoms with van der Waals surface area (Å²) < 4.78 is 39.2. The SMILES string of the molecule is C=CCn1nnc(CN)c1-c1ccc(C(F)(F)F)cc1. The van der Waals surface area contributed by atoms with Gasteiger partial charge in [-0.05, 0) is 12.1 Å². The van der Waals surface area contributed by atoms with Gasteiger partial charge in [-0.2, -0.15) is 13.2 Å². The molecule has 0 bridgehead atoms. The van der Waals surface area contributed by atoms with Crippen LogP contribution in [0.25, 0.3) is 11.3 Å². The zero-order chi connectivity index (χ0) is 14.8. The minimum absolute atomic E-state index is 0.160. The van der Waals surface area contributed by atoms with Crippen molar-refractivity contribution < 1.29 is 13.2 Å². The summed E-state index contributed by atoms with van der Waals surface area (Å²) in [6.07, 6.45) is -2.72. The van der Waals surface area contributed by atoms with Gasteiger partial charge in [0.15, 0.2) is 0 Å². The lowest BCUT2D eigenvalue weighted by Gasteiger charge is -2.09. The molecule has 0 aliphatic heterocycles. The van der Waals surface area contributed by atoms with E-state index in [0.717, 1.165) is 12.1 Å². The summed E-state index contributed by atoms with van der Waals surface area (Å²) in [5.74, 6) is 0. The van der Waals surface area contributed by atoms with E-state index in [2.05, 4.69) is 16.9 Å². The van der Waals surface area contributed by atoms with Crippen LogP contribution in [0.2, 0.25) is 0 Å². The summed E-state index contributed by atoms with van der Waals surface area (Å²) >= 11 is 0. The number of nitrogens with zero attached hydrogens (tertiary/aromatic N) is 3. The van der Waals surface area contributed by atoms with Gasteiger partial charge in [0, 0.05) is 12.1 Å². The van der Waals surface area contributed by atoms with Crippen LogP contribution in [0.4, 0.5) is 13.2 Å². The standard InChI is InChI=1S/C13H13F3N4/c1-2-7-20-12(11(8-17)18-19-20)9-3-5-10(6-4-9)13(14,15)16/h2-6H,1,7-8,17H2. The summed E-state index contributed by atoms with van der Waals surface area (Å²) in [5, 5.41) is 7.84. The van der Waals surface area contributed by atoms with Crippen molar-refractivity contribution in [3.63, 3.8) is 0 Å². The molecule has 1 heterocycles. The van der Waals surface area contributed by atoms with Gasteiger partial charge in [-0.15, -0.1) is 11.7 Å². The average molecular weight is 282 g/mol. The average Bonchev–Trinajstić information content (AvgIpc) is 2.81. The van der Waals surface area contributed by atoms with Gasteiger partial charge in [0.25, 0.3) is 0 Å². The molecule has 0 atom stereocenters. The Balaban J connectivity index is 2.45. The highest BCUT2D eigenvalue weighted by atomic mass is 19.4. The molecule has 7 heteroatoms. The van der Waals surface area contributed by atoms with Crippen LogP contribution < -0.4 is 5.73 Å². The van der Waals surface area contributed by atoms with Crippen LogP contribution in [0.15, 0.2) is 36.9 Å². The molecule has 4 nitrogen and oxygen atoms in total. The maximum absolute atomic E-state index is 12.5. The Morgan fingerprint density at radius 3 is 2.40 bits per heavy atom. The minimum Gasteiger partial charge on any atom is -0.325 e. The van der Waals surface area contributed by atoms with Gasteiger partial charge in [0.1, 0.15) is 5.69 Å². The number of hydrogen-bond acceptors (Lipinski definition) is 3. The molecule has 0 fully saturated rings. The minimum atomic E-state index is -4.35. The molecule has 0 unspecified atom stereocenters. The molecule has 0 saturated heterocycles. The zero-order valence-electron chi connectivity index (χ0n) is 10.6. The highest BCUT2D eigenvalue weighted by Gasteiger charge is 2.30. The third-order valence-electron chi connectivity index (χ3n) is 2.79. The molecule has 0 spiro atoms. The lowest BCUT2D eigenvalue weighted by molar-refractivity contribution is -0.137. The lowest BCUT2D eigenvalue weighted by atomic mass is 10.1. The second-order valence-electron chi connectivity index (χ2n) is 4.13. The van der Waals surface area contributed by atoms with Crippen LogP contribution >= 0.6 is 0 Å². The number of allylic oxidation sites excluding steroid dienone is 1. The zero-order valence-corrected chi connectivity index (χ0v) is 10.6. The van der Waals surface area contributed by atoms with Crippen LogP contribution in [0.3, 0.4) is 0 Å². The van der Waals surface area contributed by atoms with Gasteiger partial charge in [0.05, 0.1) is 17.8 Å². The third kappa shape index (κ3) is 2.72. The van der Waals surface area contributed by atoms with Crippen molar-refractivity contribution >= 4 is 0 Å². The van der Waals surface area contributed by atoms with Crippen molar-refractivity contribution in [1.82, 2.24) is 15.0 Å². The molecule has 0 aliphatic rings. The normalized spacial score (nSPS) is 11.6. The summed E-state index contributed by atoms with van der Waals surface area (Å²) in [5.41, 5.74) is 6.61. The predicted octanol–water partition coefficient (Wildman–Crippen LogP) is 2.61. The first-order valence-corrected chi connectivity index (χ1v) is 5.88. The van der Waals surface area contributed by atoms with E-state index in [1.54, 1.807) is 10.8 Å². The first-order chi connectivity index (χ1) is 9.47. The Hall–Kier alpha value is -2.15. The van der Waals surface area contributed by atoms with E-state index in [0.29, 0.717) is 23.5 Å². The van der Waals surface area contributed by atoms with Crippen molar-refractivity contribution in [2.24, 2.45) is 5.73 Å². The van der Waals surface area contributed by atoms with Gasteiger partial charge in [0.2, 0.25) is 0 Å². The summed E-state index contributed by atoms with van der Waals surface area (Å²) in [6, 6.07) is 4.84. The molecule has 0 radical (unpaired) electrons. The number of rotatable bonds is 4. The second kappa shape index (κ2) is 5.46. The van der Waals surface area contributed by atoms with Crippen LogP contribution in [0.1, 0.15) is 11.3 Å². The smallest absolute Gasteiger partial charge is 0.325 e. The van der Waals surface area contributed by atoms with E-state index in [1.807, 2.05) is 0 Å². The summed E-state index contributed by atoms with van der Waals surface area (Å²) in [4.78, 5) is 0. The molecule has 1 aromatic heterocycles. The van der Waals surface area contributed by atoms with Crippen LogP contribution in [-0.4, -0.2) is 15.0 Å². The van der Waals surface area contributed by atoms with Gasteiger partial charge in [-0.25, -0.2) is 4.68 Å². The van der Waals surface area contributed by atoms with E-state index in [4.69, 9.17) is 5.73 Å². The molecule has 0 aliphatic carbocycles. The number of aromatic nitrogens is 3. The van der Waals surface area contributed by atoms with E-state index >= 15 is 0 Å². The number of hydrogen-bond donors (Lipinski definition) is 1. The third-order valence-corrected chi connectivity index (χ3v) is 2.79. The van der Waals surface area contributed by atoms with E-state index in [-0.39, 0.29) is 6.54 Å². The second-order valence-corrected chi connectivity index (χ2v) is 4.13. The van der Waals surface area contributed by atoms with Crippen LogP contribution in [0.5, 0.6) is 0 Å². The van der Waals surface area contributed by atoms with Crippen molar-refractivity contribution in [1.29, 1.82) is 0 Å². The van der Waals surface area contributed by atoms with E-state index in [1.165, 1.54) is 12.1 Å². The van der Waals surface area contributed by atoms with Gasteiger partial charge >= 0.3 is 6.18 Å². The molecule has 2 rings (SSSR count). The number of alkyl halides is 3. The molecular weight excluding hydrogens is 269 g/mol. The molecular formula is C13H13F3N4. The van der Waals surface area contributed by atoms with Crippen molar-refractivity contribution in [3.8, 4) is 11.3 Å². The molecule has 0 saturated carbocycles. The highest BCUT2D eigenvalue weighted by Crippen LogP contribution is 2.31. The molecule has 2 N–H and O–H groups in total. The fourth-order valence-electron chi connectivity index (χ4n) is 1.87. The Kier molecular flexibility index (Phi) is 3.89. The highest BCUT2D eigenvalue weighted by molar-refractivity contribution is 5.62. The van der Waals surface area contributed by atoms with Gasteiger partial charge in [-0.1, -0.05) is 23.4 Å². The lowest BCUT2D eigenvalue weighted by Crippen LogP contribution is -2.06. The van der Waals surface area contributed by atoms with Crippen molar-refractivity contribution in [3.05, 3.63) is 48.2 Å².